The van der Waals surface area contributed by atoms with Gasteiger partial charge in [0, 0.05) is 11.3 Å². The van der Waals surface area contributed by atoms with Gasteiger partial charge in [-0.05, 0) is 49.6 Å². The average molecular weight is 374 g/mol. The topological polar surface area (TPSA) is 29.1 Å². The van der Waals surface area contributed by atoms with E-state index in [2.05, 4.69) is 23.8 Å². The highest BCUT2D eigenvalue weighted by Crippen LogP contribution is 2.30. The van der Waals surface area contributed by atoms with Crippen LogP contribution in [0.3, 0.4) is 0 Å². The van der Waals surface area contributed by atoms with Crippen molar-refractivity contribution in [2.75, 3.05) is 0 Å². The first kappa shape index (κ1) is 21.1. The number of carbonyl (C=O) groups excluding carboxylic acids is 1. The lowest BCUT2D eigenvalue weighted by molar-refractivity contribution is -0.115. The van der Waals surface area contributed by atoms with Gasteiger partial charge in [-0.15, -0.1) is 0 Å². The Morgan fingerprint density at radius 3 is 2.38 bits per heavy atom. The fourth-order valence-electron chi connectivity index (χ4n) is 3.65. The van der Waals surface area contributed by atoms with E-state index in [1.54, 1.807) is 0 Å². The Kier molecular flexibility index (Phi) is 10.6. The third-order valence-corrected chi connectivity index (χ3v) is 5.99. The van der Waals surface area contributed by atoms with Gasteiger partial charge in [0.2, 0.25) is 0 Å². The number of benzene rings is 1. The zero-order chi connectivity index (χ0) is 18.5. The fourth-order valence-corrected chi connectivity index (χ4v) is 4.33. The highest BCUT2D eigenvalue weighted by molar-refractivity contribution is 7.97. The summed E-state index contributed by atoms with van der Waals surface area (Å²) in [6.07, 6.45) is 15.1. The van der Waals surface area contributed by atoms with Crippen molar-refractivity contribution in [1.29, 1.82) is 0 Å². The highest BCUT2D eigenvalue weighted by Gasteiger charge is 2.20. The summed E-state index contributed by atoms with van der Waals surface area (Å²) in [6.45, 7) is 2.27. The molecule has 1 aromatic rings. The van der Waals surface area contributed by atoms with E-state index in [1.165, 1.54) is 74.5 Å². The maximum absolute atomic E-state index is 12.5. The van der Waals surface area contributed by atoms with E-state index >= 15 is 0 Å². The fraction of sp³-hybridized carbons (Fsp3) is 0.609. The number of rotatable bonds is 13. The summed E-state index contributed by atoms with van der Waals surface area (Å²) >= 11 is 1.51. The molecule has 0 aromatic heterocycles. The Hall–Kier alpha value is -1.22. The van der Waals surface area contributed by atoms with Crippen LogP contribution in [0.4, 0.5) is 0 Å². The Morgan fingerprint density at radius 1 is 0.962 bits per heavy atom. The van der Waals surface area contributed by atoms with Crippen LogP contribution in [0.15, 0.2) is 41.5 Å². The number of carbonyl (C=O) groups is 1. The molecule has 0 unspecified atom stereocenters. The number of amides is 1. The molecule has 0 fully saturated rings. The van der Waals surface area contributed by atoms with Crippen molar-refractivity contribution in [2.24, 2.45) is 0 Å². The van der Waals surface area contributed by atoms with Crippen LogP contribution in [0, 0.1) is 0 Å². The van der Waals surface area contributed by atoms with Gasteiger partial charge in [-0.25, -0.2) is 0 Å². The molecule has 0 spiro atoms. The van der Waals surface area contributed by atoms with Gasteiger partial charge in [0.05, 0.1) is 0 Å². The molecule has 1 N–H and O–H groups in total. The first-order chi connectivity index (χ1) is 12.8. The largest absolute Gasteiger partial charge is 0.296 e. The zero-order valence-electron chi connectivity index (χ0n) is 16.4. The minimum Gasteiger partial charge on any atom is -0.296 e. The maximum atomic E-state index is 12.5. The van der Waals surface area contributed by atoms with Gasteiger partial charge in [-0.2, -0.15) is 0 Å². The van der Waals surface area contributed by atoms with Crippen LogP contribution in [0.1, 0.15) is 89.5 Å². The summed E-state index contributed by atoms with van der Waals surface area (Å²) < 4.78 is 3.05. The van der Waals surface area contributed by atoms with Crippen molar-refractivity contribution in [3.63, 3.8) is 0 Å². The van der Waals surface area contributed by atoms with Crippen LogP contribution in [0.5, 0.6) is 0 Å². The lowest BCUT2D eigenvalue weighted by Gasteiger charge is -2.09. The second-order valence-electron chi connectivity index (χ2n) is 7.37. The average Bonchev–Trinajstić information content (AvgIpc) is 3.13. The lowest BCUT2D eigenvalue weighted by atomic mass is 10.0. The van der Waals surface area contributed by atoms with Crippen molar-refractivity contribution >= 4 is 17.9 Å². The molecule has 2 nitrogen and oxygen atoms in total. The Bertz CT molecular complexity index is 553. The van der Waals surface area contributed by atoms with Crippen molar-refractivity contribution in [3.8, 4) is 0 Å². The molecule has 0 saturated heterocycles. The molecule has 1 aromatic carbocycles. The highest BCUT2D eigenvalue weighted by atomic mass is 32.2. The van der Waals surface area contributed by atoms with Crippen LogP contribution in [-0.2, 0) is 10.5 Å². The van der Waals surface area contributed by atoms with Gasteiger partial charge < -0.3 is 0 Å². The number of unbranched alkanes of at least 4 members (excludes halogenated alkanes) is 7. The minimum absolute atomic E-state index is 0.151. The molecular formula is C23H35NOS. The van der Waals surface area contributed by atoms with Crippen LogP contribution >= 0.6 is 11.9 Å². The third-order valence-electron chi connectivity index (χ3n) is 5.18. The van der Waals surface area contributed by atoms with Crippen LogP contribution in [-0.4, -0.2) is 5.91 Å². The van der Waals surface area contributed by atoms with Crippen molar-refractivity contribution in [2.45, 2.75) is 89.7 Å². The molecule has 0 bridgehead atoms. The lowest BCUT2D eigenvalue weighted by Crippen LogP contribution is -2.18. The number of allylic oxidation sites excluding steroid dienone is 1. The first-order valence-corrected chi connectivity index (χ1v) is 11.5. The molecule has 0 saturated carbocycles. The molecule has 144 valence electrons. The molecule has 0 atom stereocenters. The number of hydrogen-bond acceptors (Lipinski definition) is 2. The van der Waals surface area contributed by atoms with Crippen molar-refractivity contribution in [3.05, 3.63) is 47.0 Å². The predicted molar refractivity (Wildman–Crippen MR) is 114 cm³/mol. The van der Waals surface area contributed by atoms with E-state index in [0.29, 0.717) is 0 Å². The van der Waals surface area contributed by atoms with Gasteiger partial charge in [-0.3, -0.25) is 9.52 Å². The number of nitrogens with one attached hydrogen (secondary N) is 1. The Morgan fingerprint density at radius 2 is 1.65 bits per heavy atom. The van der Waals surface area contributed by atoms with Gasteiger partial charge in [0.25, 0.3) is 5.91 Å². The summed E-state index contributed by atoms with van der Waals surface area (Å²) in [7, 11) is 0. The van der Waals surface area contributed by atoms with Crippen LogP contribution in [0.2, 0.25) is 0 Å². The summed E-state index contributed by atoms with van der Waals surface area (Å²) in [4.78, 5) is 12.5. The standard InChI is InChI=1S/C23H35NOS/c1-2-3-4-5-6-7-8-12-16-21-17-13-18-22(21)23(25)24-26-19-20-14-10-9-11-15-20/h9-11,14-15H,2-8,12-13,16-19H2,1H3,(H,24,25). The van der Waals surface area contributed by atoms with Crippen LogP contribution in [0.25, 0.3) is 0 Å². The molecule has 26 heavy (non-hydrogen) atoms. The summed E-state index contributed by atoms with van der Waals surface area (Å²) in [5.41, 5.74) is 3.75. The van der Waals surface area contributed by atoms with E-state index in [1.807, 2.05) is 18.2 Å². The predicted octanol–water partition coefficient (Wildman–Crippen LogP) is 6.96. The summed E-state index contributed by atoms with van der Waals surface area (Å²) in [5.74, 6) is 0.978. The van der Waals surface area contributed by atoms with Crippen LogP contribution < -0.4 is 4.72 Å². The SMILES string of the molecule is CCCCCCCCCCC1=C(C(=O)NSCc2ccccc2)CCC1. The van der Waals surface area contributed by atoms with Gasteiger partial charge in [-0.1, -0.05) is 87.8 Å². The van der Waals surface area contributed by atoms with E-state index < -0.39 is 0 Å². The van der Waals surface area contributed by atoms with Gasteiger partial charge >= 0.3 is 0 Å². The second-order valence-corrected chi connectivity index (χ2v) is 8.15. The maximum Gasteiger partial charge on any atom is 0.256 e. The molecule has 1 amide bonds. The summed E-state index contributed by atoms with van der Waals surface area (Å²) in [5, 5.41) is 0. The normalized spacial score (nSPS) is 14.0. The Labute approximate surface area is 164 Å². The van der Waals surface area contributed by atoms with E-state index in [4.69, 9.17) is 0 Å². The van der Waals surface area contributed by atoms with E-state index in [9.17, 15) is 4.79 Å². The second kappa shape index (κ2) is 13.0. The third kappa shape index (κ3) is 7.99. The molecule has 1 aliphatic rings. The number of hydrogen-bond donors (Lipinski definition) is 1. The van der Waals surface area contributed by atoms with Gasteiger partial charge in [0.15, 0.2) is 0 Å². The molecule has 3 heteroatoms. The molecule has 2 rings (SSSR count). The monoisotopic (exact) mass is 373 g/mol. The first-order valence-electron chi connectivity index (χ1n) is 10.5. The molecular weight excluding hydrogens is 338 g/mol. The minimum atomic E-state index is 0.151. The molecule has 1 aliphatic carbocycles. The zero-order valence-corrected chi connectivity index (χ0v) is 17.2. The van der Waals surface area contributed by atoms with Crippen molar-refractivity contribution in [1.82, 2.24) is 4.72 Å². The van der Waals surface area contributed by atoms with E-state index in [-0.39, 0.29) is 5.91 Å². The quantitative estimate of drug-likeness (QED) is 0.299. The molecule has 0 radical (unpaired) electrons. The van der Waals surface area contributed by atoms with Crippen molar-refractivity contribution < 1.29 is 4.79 Å². The Balaban J connectivity index is 1.63. The molecule has 0 heterocycles. The summed E-state index contributed by atoms with van der Waals surface area (Å²) in [6, 6.07) is 10.3. The van der Waals surface area contributed by atoms with Gasteiger partial charge in [0.1, 0.15) is 0 Å². The van der Waals surface area contributed by atoms with E-state index in [0.717, 1.165) is 37.0 Å². The molecule has 0 aliphatic heterocycles. The smallest absolute Gasteiger partial charge is 0.256 e.